The van der Waals surface area contributed by atoms with Gasteiger partial charge in [0.05, 0.1) is 0 Å². The van der Waals surface area contributed by atoms with Gasteiger partial charge >= 0.3 is 0 Å². The predicted octanol–water partition coefficient (Wildman–Crippen LogP) is 2.24. The number of amides is 1. The van der Waals surface area contributed by atoms with E-state index in [0.29, 0.717) is 6.54 Å². The summed E-state index contributed by atoms with van der Waals surface area (Å²) in [6.07, 6.45) is -0.438. The van der Waals surface area contributed by atoms with Gasteiger partial charge in [0.1, 0.15) is 5.75 Å². The molecule has 1 atom stereocenters. The number of hydrogen-bond donors (Lipinski definition) is 0. The van der Waals surface area contributed by atoms with E-state index in [2.05, 4.69) is 0 Å². The van der Waals surface area contributed by atoms with Crippen molar-refractivity contribution in [3.63, 3.8) is 0 Å². The van der Waals surface area contributed by atoms with E-state index in [4.69, 9.17) is 4.74 Å². The summed E-state index contributed by atoms with van der Waals surface area (Å²) < 4.78 is 5.59. The highest BCUT2D eigenvalue weighted by molar-refractivity contribution is 5.80. The van der Waals surface area contributed by atoms with E-state index in [1.165, 1.54) is 0 Å². The third-order valence-corrected chi connectivity index (χ3v) is 2.50. The van der Waals surface area contributed by atoms with Gasteiger partial charge in [0, 0.05) is 13.6 Å². The lowest BCUT2D eigenvalue weighted by Gasteiger charge is -2.20. The lowest BCUT2D eigenvalue weighted by Crippen LogP contribution is -2.37. The summed E-state index contributed by atoms with van der Waals surface area (Å²) in [5, 5.41) is 0. The Kier molecular flexibility index (Phi) is 4.35. The van der Waals surface area contributed by atoms with E-state index in [-0.39, 0.29) is 5.91 Å². The van der Waals surface area contributed by atoms with Crippen LogP contribution in [0.15, 0.2) is 24.3 Å². The first-order valence-corrected chi connectivity index (χ1v) is 5.53. The fraction of sp³-hybridized carbons (Fsp3) is 0.462. The molecule has 3 heteroatoms. The van der Waals surface area contributed by atoms with Crippen LogP contribution in [0.3, 0.4) is 0 Å². The number of likely N-dealkylation sites (N-methyl/N-ethyl adjacent to an activating group) is 1. The van der Waals surface area contributed by atoms with Crippen LogP contribution in [0.4, 0.5) is 0 Å². The van der Waals surface area contributed by atoms with Crippen molar-refractivity contribution in [2.45, 2.75) is 26.9 Å². The summed E-state index contributed by atoms with van der Waals surface area (Å²) in [6, 6.07) is 7.71. The quantitative estimate of drug-likeness (QED) is 0.780. The Labute approximate surface area is 97.0 Å². The van der Waals surface area contributed by atoms with Crippen molar-refractivity contribution in [1.82, 2.24) is 4.90 Å². The SMILES string of the molecule is CCN(C)C(=O)C(C)Oc1cccc(C)c1. The van der Waals surface area contributed by atoms with Gasteiger partial charge < -0.3 is 9.64 Å². The summed E-state index contributed by atoms with van der Waals surface area (Å²) in [5.41, 5.74) is 1.13. The molecule has 0 aliphatic rings. The molecule has 0 saturated heterocycles. The Morgan fingerprint density at radius 3 is 2.75 bits per heavy atom. The number of carbonyl (C=O) groups excluding carboxylic acids is 1. The van der Waals surface area contributed by atoms with Crippen LogP contribution in [0.1, 0.15) is 19.4 Å². The van der Waals surface area contributed by atoms with E-state index in [1.807, 2.05) is 38.1 Å². The lowest BCUT2D eigenvalue weighted by atomic mass is 10.2. The first-order valence-electron chi connectivity index (χ1n) is 5.53. The second kappa shape index (κ2) is 5.54. The highest BCUT2D eigenvalue weighted by atomic mass is 16.5. The van der Waals surface area contributed by atoms with Gasteiger partial charge in [-0.1, -0.05) is 12.1 Å². The topological polar surface area (TPSA) is 29.5 Å². The predicted molar refractivity (Wildman–Crippen MR) is 64.6 cm³/mol. The van der Waals surface area contributed by atoms with Crippen molar-refractivity contribution in [2.75, 3.05) is 13.6 Å². The van der Waals surface area contributed by atoms with E-state index < -0.39 is 6.10 Å². The Bertz CT molecular complexity index is 363. The van der Waals surface area contributed by atoms with Crippen molar-refractivity contribution in [3.05, 3.63) is 29.8 Å². The summed E-state index contributed by atoms with van der Waals surface area (Å²) in [5.74, 6) is 0.745. The third kappa shape index (κ3) is 3.26. The van der Waals surface area contributed by atoms with Gasteiger partial charge in [-0.3, -0.25) is 4.79 Å². The van der Waals surface area contributed by atoms with Gasteiger partial charge in [-0.05, 0) is 38.5 Å². The normalized spacial score (nSPS) is 12.0. The molecule has 16 heavy (non-hydrogen) atoms. The maximum Gasteiger partial charge on any atom is 0.263 e. The van der Waals surface area contributed by atoms with Gasteiger partial charge in [0.25, 0.3) is 5.91 Å². The van der Waals surface area contributed by atoms with E-state index in [0.717, 1.165) is 11.3 Å². The highest BCUT2D eigenvalue weighted by Gasteiger charge is 2.17. The Balaban J connectivity index is 2.64. The minimum atomic E-state index is -0.438. The van der Waals surface area contributed by atoms with Gasteiger partial charge in [0.2, 0.25) is 0 Å². The lowest BCUT2D eigenvalue weighted by molar-refractivity contribution is -0.136. The zero-order valence-corrected chi connectivity index (χ0v) is 10.4. The summed E-state index contributed by atoms with van der Waals surface area (Å²) in [7, 11) is 1.78. The average molecular weight is 221 g/mol. The Hall–Kier alpha value is -1.51. The molecule has 0 fully saturated rings. The van der Waals surface area contributed by atoms with Crippen LogP contribution in [0.5, 0.6) is 5.75 Å². The van der Waals surface area contributed by atoms with Crippen LogP contribution in [0.2, 0.25) is 0 Å². The molecule has 1 rings (SSSR count). The fourth-order valence-corrected chi connectivity index (χ4v) is 1.41. The second-order valence-corrected chi connectivity index (χ2v) is 3.93. The van der Waals surface area contributed by atoms with Crippen molar-refractivity contribution < 1.29 is 9.53 Å². The number of benzene rings is 1. The number of rotatable bonds is 4. The highest BCUT2D eigenvalue weighted by Crippen LogP contribution is 2.14. The van der Waals surface area contributed by atoms with E-state index in [1.54, 1.807) is 18.9 Å². The van der Waals surface area contributed by atoms with Crippen LogP contribution in [-0.2, 0) is 4.79 Å². The van der Waals surface area contributed by atoms with Crippen LogP contribution < -0.4 is 4.74 Å². The molecule has 3 nitrogen and oxygen atoms in total. The van der Waals surface area contributed by atoms with Crippen LogP contribution in [0.25, 0.3) is 0 Å². The molecule has 1 aromatic carbocycles. The smallest absolute Gasteiger partial charge is 0.263 e. The first-order chi connectivity index (χ1) is 7.54. The molecule has 0 N–H and O–H groups in total. The number of nitrogens with zero attached hydrogens (tertiary/aromatic N) is 1. The molecule has 0 aliphatic heterocycles. The minimum absolute atomic E-state index is 0.00371. The van der Waals surface area contributed by atoms with E-state index >= 15 is 0 Å². The van der Waals surface area contributed by atoms with Crippen LogP contribution in [0, 0.1) is 6.92 Å². The number of ether oxygens (including phenoxy) is 1. The van der Waals surface area contributed by atoms with E-state index in [9.17, 15) is 4.79 Å². The molecular formula is C13H19NO2. The maximum absolute atomic E-state index is 11.8. The van der Waals surface area contributed by atoms with Gasteiger partial charge in [-0.2, -0.15) is 0 Å². The molecule has 0 saturated carbocycles. The molecular weight excluding hydrogens is 202 g/mol. The Morgan fingerprint density at radius 1 is 1.50 bits per heavy atom. The monoisotopic (exact) mass is 221 g/mol. The summed E-state index contributed by atoms with van der Waals surface area (Å²) in [6.45, 7) is 6.41. The fourth-order valence-electron chi connectivity index (χ4n) is 1.41. The average Bonchev–Trinajstić information content (AvgIpc) is 2.27. The number of hydrogen-bond acceptors (Lipinski definition) is 2. The summed E-state index contributed by atoms with van der Waals surface area (Å²) >= 11 is 0. The molecule has 0 bridgehead atoms. The Morgan fingerprint density at radius 2 is 2.19 bits per heavy atom. The molecule has 0 aliphatic carbocycles. The van der Waals surface area contributed by atoms with Crippen molar-refractivity contribution in [3.8, 4) is 5.75 Å². The molecule has 0 aromatic heterocycles. The van der Waals surface area contributed by atoms with Crippen LogP contribution in [-0.4, -0.2) is 30.5 Å². The molecule has 0 spiro atoms. The van der Waals surface area contributed by atoms with Crippen LogP contribution >= 0.6 is 0 Å². The molecule has 88 valence electrons. The molecule has 1 unspecified atom stereocenters. The maximum atomic E-state index is 11.8. The largest absolute Gasteiger partial charge is 0.481 e. The minimum Gasteiger partial charge on any atom is -0.481 e. The number of aryl methyl sites for hydroxylation is 1. The second-order valence-electron chi connectivity index (χ2n) is 3.93. The zero-order chi connectivity index (χ0) is 12.1. The van der Waals surface area contributed by atoms with Crippen molar-refractivity contribution in [1.29, 1.82) is 0 Å². The van der Waals surface area contributed by atoms with Gasteiger partial charge in [-0.25, -0.2) is 0 Å². The van der Waals surface area contributed by atoms with Crippen molar-refractivity contribution in [2.24, 2.45) is 0 Å². The number of carbonyl (C=O) groups is 1. The third-order valence-electron chi connectivity index (χ3n) is 2.50. The van der Waals surface area contributed by atoms with Crippen molar-refractivity contribution >= 4 is 5.91 Å². The summed E-state index contributed by atoms with van der Waals surface area (Å²) in [4.78, 5) is 13.4. The molecule has 0 heterocycles. The first kappa shape index (κ1) is 12.6. The standard InChI is InChI=1S/C13H19NO2/c1-5-14(4)13(15)11(3)16-12-8-6-7-10(2)9-12/h6-9,11H,5H2,1-4H3. The zero-order valence-electron chi connectivity index (χ0n) is 10.4. The molecule has 1 aromatic rings. The van der Waals surface area contributed by atoms with Gasteiger partial charge in [0.15, 0.2) is 6.10 Å². The molecule has 1 amide bonds. The molecule has 0 radical (unpaired) electrons. The van der Waals surface area contributed by atoms with Gasteiger partial charge in [-0.15, -0.1) is 0 Å².